The minimum Gasteiger partial charge on any atom is -0.387 e. The van der Waals surface area contributed by atoms with E-state index in [1.165, 1.54) is 17.1 Å². The quantitative estimate of drug-likeness (QED) is 0.688. The Labute approximate surface area is 184 Å². The van der Waals surface area contributed by atoms with E-state index in [1.54, 1.807) is 12.1 Å². The van der Waals surface area contributed by atoms with E-state index < -0.39 is 15.6 Å². The molecule has 0 radical (unpaired) electrons. The molecule has 2 saturated heterocycles. The van der Waals surface area contributed by atoms with Gasteiger partial charge in [0.05, 0.1) is 11.4 Å². The lowest BCUT2D eigenvalue weighted by molar-refractivity contribution is -0.114. The molecule has 0 bridgehead atoms. The number of rotatable bonds is 7. The lowest BCUT2D eigenvalue weighted by Gasteiger charge is -2.21. The molecule has 1 spiro atoms. The molecule has 3 aliphatic heterocycles. The van der Waals surface area contributed by atoms with E-state index >= 15 is 0 Å². The number of likely N-dealkylation sites (tertiary alicyclic amines) is 1. The Morgan fingerprint density at radius 1 is 1.19 bits per heavy atom. The summed E-state index contributed by atoms with van der Waals surface area (Å²) in [6, 6.07) is 7.06. The highest BCUT2D eigenvalue weighted by Gasteiger charge is 2.49. The molecule has 1 aromatic rings. The van der Waals surface area contributed by atoms with Gasteiger partial charge in [-0.1, -0.05) is 31.1 Å². The Morgan fingerprint density at radius 2 is 1.90 bits per heavy atom. The fraction of sp³-hybridized carbons (Fsp3) is 0.636. The van der Waals surface area contributed by atoms with Crippen molar-refractivity contribution in [3.63, 3.8) is 0 Å². The van der Waals surface area contributed by atoms with E-state index in [4.69, 9.17) is 4.84 Å². The summed E-state index contributed by atoms with van der Waals surface area (Å²) in [7, 11) is -3.61. The van der Waals surface area contributed by atoms with Gasteiger partial charge in [-0.25, -0.2) is 8.42 Å². The SMILES string of the molecule is CC(C)c1ccc(S(=O)(=O)N2CCC3(CC(C(=O)NCCN4CCCC4)=NO3)C2)cc1. The first kappa shape index (κ1) is 22.2. The molecular weight excluding hydrogens is 416 g/mol. The summed E-state index contributed by atoms with van der Waals surface area (Å²) in [5.74, 6) is 0.123. The Kier molecular flexibility index (Phi) is 6.37. The van der Waals surface area contributed by atoms with Gasteiger partial charge in [-0.05, 0) is 49.5 Å². The van der Waals surface area contributed by atoms with E-state index in [0.29, 0.717) is 37.6 Å². The van der Waals surface area contributed by atoms with E-state index in [0.717, 1.165) is 25.2 Å². The minimum atomic E-state index is -3.61. The smallest absolute Gasteiger partial charge is 0.269 e. The second-order valence-electron chi connectivity index (χ2n) is 9.11. The summed E-state index contributed by atoms with van der Waals surface area (Å²) in [4.78, 5) is 20.7. The molecule has 8 nitrogen and oxygen atoms in total. The predicted molar refractivity (Wildman–Crippen MR) is 118 cm³/mol. The molecule has 1 aromatic carbocycles. The van der Waals surface area contributed by atoms with Crippen molar-refractivity contribution < 1.29 is 18.0 Å². The summed E-state index contributed by atoms with van der Waals surface area (Å²) < 4.78 is 27.6. The van der Waals surface area contributed by atoms with Crippen LogP contribution in [0.25, 0.3) is 0 Å². The summed E-state index contributed by atoms with van der Waals surface area (Å²) in [6.07, 6.45) is 3.29. The Morgan fingerprint density at radius 3 is 2.58 bits per heavy atom. The molecule has 0 aromatic heterocycles. The highest BCUT2D eigenvalue weighted by molar-refractivity contribution is 7.89. The van der Waals surface area contributed by atoms with Gasteiger partial charge in [0.1, 0.15) is 5.71 Å². The maximum absolute atomic E-state index is 13.1. The number of amides is 1. The Balaban J connectivity index is 1.32. The number of nitrogens with zero attached hydrogens (tertiary/aromatic N) is 3. The summed E-state index contributed by atoms with van der Waals surface area (Å²) in [5.41, 5.74) is 0.707. The Hall–Kier alpha value is -1.97. The third-order valence-corrected chi connectivity index (χ3v) is 8.34. The van der Waals surface area contributed by atoms with Gasteiger partial charge in [-0.2, -0.15) is 4.31 Å². The van der Waals surface area contributed by atoms with Gasteiger partial charge in [0, 0.05) is 32.5 Å². The fourth-order valence-corrected chi connectivity index (χ4v) is 6.00. The molecule has 0 aliphatic carbocycles. The number of benzene rings is 1. The Bertz CT molecular complexity index is 939. The molecule has 2 fully saturated rings. The molecule has 1 amide bonds. The maximum Gasteiger partial charge on any atom is 0.269 e. The lowest BCUT2D eigenvalue weighted by Crippen LogP contribution is -2.40. The molecule has 3 aliphatic rings. The molecule has 0 saturated carbocycles. The summed E-state index contributed by atoms with van der Waals surface area (Å²) >= 11 is 0. The zero-order valence-electron chi connectivity index (χ0n) is 18.3. The van der Waals surface area contributed by atoms with Crippen molar-refractivity contribution in [2.75, 3.05) is 39.3 Å². The van der Waals surface area contributed by atoms with Crippen molar-refractivity contribution >= 4 is 21.6 Å². The standard InChI is InChI=1S/C22H32N4O4S/c1-17(2)18-5-7-19(8-6-18)31(28,29)26-13-9-22(16-26)15-20(24-30-22)21(27)23-10-14-25-11-3-4-12-25/h5-8,17H,3-4,9-16H2,1-2H3,(H,23,27). The first-order valence-corrected chi connectivity index (χ1v) is 12.6. The molecule has 1 unspecified atom stereocenters. The third kappa shape index (κ3) is 4.78. The number of sulfonamides is 1. The average Bonchev–Trinajstić information content (AvgIpc) is 3.50. The normalized spacial score (nSPS) is 24.7. The van der Waals surface area contributed by atoms with Crippen LogP contribution in [-0.4, -0.2) is 74.1 Å². The van der Waals surface area contributed by atoms with Crippen LogP contribution in [0.5, 0.6) is 0 Å². The third-order valence-electron chi connectivity index (χ3n) is 6.48. The van der Waals surface area contributed by atoms with E-state index in [9.17, 15) is 13.2 Å². The number of carbonyl (C=O) groups is 1. The van der Waals surface area contributed by atoms with Gasteiger partial charge in [-0.3, -0.25) is 4.79 Å². The van der Waals surface area contributed by atoms with Crippen molar-refractivity contribution in [2.45, 2.75) is 55.9 Å². The van der Waals surface area contributed by atoms with Gasteiger partial charge in [0.2, 0.25) is 10.0 Å². The van der Waals surface area contributed by atoms with Gasteiger partial charge in [0.15, 0.2) is 5.60 Å². The van der Waals surface area contributed by atoms with Crippen molar-refractivity contribution in [1.29, 1.82) is 0 Å². The zero-order valence-corrected chi connectivity index (χ0v) is 19.2. The van der Waals surface area contributed by atoms with E-state index in [1.807, 2.05) is 12.1 Å². The number of hydrogen-bond donors (Lipinski definition) is 1. The largest absolute Gasteiger partial charge is 0.387 e. The molecule has 1 atom stereocenters. The van der Waals surface area contributed by atoms with Crippen molar-refractivity contribution in [3.05, 3.63) is 29.8 Å². The molecular formula is C22H32N4O4S. The van der Waals surface area contributed by atoms with Crippen LogP contribution in [0.4, 0.5) is 0 Å². The van der Waals surface area contributed by atoms with Gasteiger partial charge in [-0.15, -0.1) is 0 Å². The summed E-state index contributed by atoms with van der Waals surface area (Å²) in [5, 5.41) is 6.93. The van der Waals surface area contributed by atoms with Gasteiger partial charge < -0.3 is 15.1 Å². The summed E-state index contributed by atoms with van der Waals surface area (Å²) in [6.45, 7) is 8.31. The molecule has 31 heavy (non-hydrogen) atoms. The minimum absolute atomic E-state index is 0.204. The van der Waals surface area contributed by atoms with Crippen LogP contribution in [-0.2, 0) is 19.7 Å². The molecule has 1 N–H and O–H groups in total. The van der Waals surface area contributed by atoms with Crippen LogP contribution >= 0.6 is 0 Å². The monoisotopic (exact) mass is 448 g/mol. The second-order valence-corrected chi connectivity index (χ2v) is 11.0. The van der Waals surface area contributed by atoms with Crippen LogP contribution in [0.2, 0.25) is 0 Å². The van der Waals surface area contributed by atoms with Crippen LogP contribution in [0.15, 0.2) is 34.3 Å². The molecule has 3 heterocycles. The number of nitrogens with one attached hydrogen (secondary N) is 1. The number of hydrogen-bond acceptors (Lipinski definition) is 6. The fourth-order valence-electron chi connectivity index (χ4n) is 4.48. The molecule has 4 rings (SSSR count). The lowest BCUT2D eigenvalue weighted by atomic mass is 9.96. The topological polar surface area (TPSA) is 91.3 Å². The van der Waals surface area contributed by atoms with Crippen LogP contribution in [0, 0.1) is 0 Å². The van der Waals surface area contributed by atoms with Gasteiger partial charge in [0.25, 0.3) is 5.91 Å². The zero-order chi connectivity index (χ0) is 22.1. The second kappa shape index (κ2) is 8.88. The van der Waals surface area contributed by atoms with Crippen molar-refractivity contribution in [2.24, 2.45) is 5.16 Å². The first-order valence-electron chi connectivity index (χ1n) is 11.1. The van der Waals surface area contributed by atoms with Crippen molar-refractivity contribution in [1.82, 2.24) is 14.5 Å². The highest BCUT2D eigenvalue weighted by Crippen LogP contribution is 2.36. The van der Waals surface area contributed by atoms with Crippen LogP contribution in [0.3, 0.4) is 0 Å². The van der Waals surface area contributed by atoms with Crippen LogP contribution in [0.1, 0.15) is 51.0 Å². The van der Waals surface area contributed by atoms with Gasteiger partial charge >= 0.3 is 0 Å². The predicted octanol–water partition coefficient (Wildman–Crippen LogP) is 1.93. The molecule has 9 heteroatoms. The first-order chi connectivity index (χ1) is 14.8. The maximum atomic E-state index is 13.1. The number of carbonyl (C=O) groups excluding carboxylic acids is 1. The van der Waals surface area contributed by atoms with Crippen LogP contribution < -0.4 is 5.32 Å². The molecule has 170 valence electrons. The number of oxime groups is 1. The average molecular weight is 449 g/mol. The van der Waals surface area contributed by atoms with Crippen molar-refractivity contribution in [3.8, 4) is 0 Å². The highest BCUT2D eigenvalue weighted by atomic mass is 32.2. The van der Waals surface area contributed by atoms with E-state index in [-0.39, 0.29) is 17.3 Å². The van der Waals surface area contributed by atoms with E-state index in [2.05, 4.69) is 29.2 Å².